The second kappa shape index (κ2) is 11.5. The molecule has 2 fully saturated rings. The van der Waals surface area contributed by atoms with Crippen molar-refractivity contribution in [2.75, 3.05) is 13.1 Å². The lowest BCUT2D eigenvalue weighted by Gasteiger charge is -2.40. The SMILES string of the molecule is CCC1(C(=O)N2CC[C@](c3ccc(C(F)(C(F)(F)F)C(F)(F)F)cc3)(S(=O)(=O)c3ccc(F)c(C)c3)C2)CCC(C(=O)O)CC1. The van der Waals surface area contributed by atoms with E-state index in [2.05, 4.69) is 0 Å². The molecule has 2 aromatic rings. The Balaban J connectivity index is 1.81. The smallest absolute Gasteiger partial charge is 0.435 e. The molecule has 15 heteroatoms. The minimum Gasteiger partial charge on any atom is -0.481 e. The number of rotatable bonds is 7. The number of amides is 1. The van der Waals surface area contributed by atoms with E-state index in [4.69, 9.17) is 0 Å². The monoisotopic (exact) mass is 669 g/mol. The number of sulfone groups is 1. The van der Waals surface area contributed by atoms with Crippen molar-refractivity contribution in [2.24, 2.45) is 11.3 Å². The Morgan fingerprint density at radius 2 is 1.49 bits per heavy atom. The van der Waals surface area contributed by atoms with Crippen molar-refractivity contribution in [1.29, 1.82) is 0 Å². The first-order valence-electron chi connectivity index (χ1n) is 14.1. The first kappa shape index (κ1) is 34.6. The highest BCUT2D eigenvalue weighted by Crippen LogP contribution is 2.54. The van der Waals surface area contributed by atoms with Crippen LogP contribution in [0.15, 0.2) is 47.4 Å². The number of carbonyl (C=O) groups is 2. The van der Waals surface area contributed by atoms with Crippen LogP contribution in [0.1, 0.15) is 62.1 Å². The zero-order valence-electron chi connectivity index (χ0n) is 24.2. The molecule has 0 radical (unpaired) electrons. The molecule has 1 N–H and O–H groups in total. The maximum absolute atomic E-state index is 14.8. The number of hydrogen-bond donors (Lipinski definition) is 1. The summed E-state index contributed by atoms with van der Waals surface area (Å²) in [6.07, 6.45) is -11.9. The number of alkyl halides is 7. The molecule has 45 heavy (non-hydrogen) atoms. The highest BCUT2D eigenvalue weighted by molar-refractivity contribution is 7.92. The normalized spacial score (nSPS) is 24.9. The fraction of sp³-hybridized carbons (Fsp3) is 0.533. The molecule has 2 aliphatic rings. The number of benzene rings is 2. The van der Waals surface area contributed by atoms with Gasteiger partial charge in [-0.1, -0.05) is 31.2 Å². The number of carbonyl (C=O) groups excluding carboxylic acids is 1. The average Bonchev–Trinajstić information content (AvgIpc) is 3.44. The highest BCUT2D eigenvalue weighted by atomic mass is 32.2. The number of likely N-dealkylation sites (tertiary alicyclic amines) is 1. The molecule has 0 unspecified atom stereocenters. The summed E-state index contributed by atoms with van der Waals surface area (Å²) in [5, 5.41) is 9.39. The van der Waals surface area contributed by atoms with Crippen LogP contribution in [0, 0.1) is 24.1 Å². The summed E-state index contributed by atoms with van der Waals surface area (Å²) in [5.41, 5.74) is -8.88. The number of carboxylic acids is 1. The standard InChI is InChI=1S/C30H31F8NO5S/c1-3-26(12-10-19(11-13-26)24(40)41)25(42)39-15-14-27(17-39,45(43,44)22-8-9-23(31)18(2)16-22)20-4-6-21(7-5-20)28(32,29(33,34)35)30(36,37)38/h4-9,16,19H,3,10-15,17H2,1-2H3,(H,40,41)/t19?,26?,27-/m0/s1. The van der Waals surface area contributed by atoms with Crippen LogP contribution in [-0.2, 0) is 29.8 Å². The van der Waals surface area contributed by atoms with Crippen LogP contribution >= 0.6 is 0 Å². The molecule has 0 bridgehead atoms. The lowest BCUT2D eigenvalue weighted by atomic mass is 9.68. The van der Waals surface area contributed by atoms with E-state index in [-0.39, 0.29) is 61.9 Å². The minimum absolute atomic E-state index is 0.0507. The van der Waals surface area contributed by atoms with E-state index >= 15 is 0 Å². The number of aryl methyl sites for hydroxylation is 1. The summed E-state index contributed by atoms with van der Waals surface area (Å²) < 4.78 is 136. The van der Waals surface area contributed by atoms with E-state index in [1.54, 1.807) is 6.92 Å². The fourth-order valence-electron chi connectivity index (χ4n) is 6.54. The number of carboxylic acid groups (broad SMARTS) is 1. The predicted octanol–water partition coefficient (Wildman–Crippen LogP) is 7.00. The van der Waals surface area contributed by atoms with E-state index in [0.717, 1.165) is 18.2 Å². The Morgan fingerprint density at radius 1 is 0.933 bits per heavy atom. The highest BCUT2D eigenvalue weighted by Gasteiger charge is 2.73. The third-order valence-corrected chi connectivity index (χ3v) is 12.0. The molecule has 1 saturated heterocycles. The Hall–Kier alpha value is -3.23. The molecule has 2 aromatic carbocycles. The van der Waals surface area contributed by atoms with Crippen molar-refractivity contribution >= 4 is 21.7 Å². The lowest BCUT2D eigenvalue weighted by Crippen LogP contribution is -2.50. The van der Waals surface area contributed by atoms with Crippen LogP contribution in [0.4, 0.5) is 35.1 Å². The molecule has 0 spiro atoms. The Kier molecular flexibility index (Phi) is 8.88. The van der Waals surface area contributed by atoms with Crippen LogP contribution in [0.25, 0.3) is 0 Å². The van der Waals surface area contributed by atoms with E-state index in [9.17, 15) is 58.2 Å². The van der Waals surface area contributed by atoms with Gasteiger partial charge in [-0.25, -0.2) is 17.2 Å². The van der Waals surface area contributed by atoms with E-state index in [1.807, 2.05) is 0 Å². The van der Waals surface area contributed by atoms with Crippen molar-refractivity contribution in [1.82, 2.24) is 4.90 Å². The molecule has 248 valence electrons. The van der Waals surface area contributed by atoms with Gasteiger partial charge in [0.05, 0.1) is 10.8 Å². The number of aliphatic carboxylic acids is 1. The van der Waals surface area contributed by atoms with Gasteiger partial charge in [-0.15, -0.1) is 0 Å². The van der Waals surface area contributed by atoms with Crippen LogP contribution in [0.3, 0.4) is 0 Å². The molecule has 1 aliphatic carbocycles. The van der Waals surface area contributed by atoms with Crippen molar-refractivity contribution in [2.45, 2.75) is 80.0 Å². The Morgan fingerprint density at radius 3 is 1.96 bits per heavy atom. The van der Waals surface area contributed by atoms with Gasteiger partial charge in [0.15, 0.2) is 9.84 Å². The van der Waals surface area contributed by atoms with Gasteiger partial charge in [-0.2, -0.15) is 26.3 Å². The predicted molar refractivity (Wildman–Crippen MR) is 145 cm³/mol. The Bertz CT molecular complexity index is 1550. The zero-order chi connectivity index (χ0) is 33.8. The quantitative estimate of drug-likeness (QED) is 0.254. The van der Waals surface area contributed by atoms with Crippen molar-refractivity contribution in [3.05, 3.63) is 65.0 Å². The molecule has 6 nitrogen and oxygen atoms in total. The molecule has 1 saturated carbocycles. The summed E-state index contributed by atoms with van der Waals surface area (Å²) >= 11 is 0. The average molecular weight is 670 g/mol. The van der Waals surface area contributed by atoms with Crippen LogP contribution in [0.2, 0.25) is 0 Å². The number of hydrogen-bond acceptors (Lipinski definition) is 4. The zero-order valence-corrected chi connectivity index (χ0v) is 25.1. The fourth-order valence-corrected chi connectivity index (χ4v) is 8.70. The summed E-state index contributed by atoms with van der Waals surface area (Å²) in [5.74, 6) is -2.82. The van der Waals surface area contributed by atoms with Gasteiger partial charge in [0.2, 0.25) is 5.91 Å². The molecular weight excluding hydrogens is 638 g/mol. The molecule has 4 rings (SSSR count). The number of nitrogens with zero attached hydrogens (tertiary/aromatic N) is 1. The molecule has 1 atom stereocenters. The molecule has 0 aromatic heterocycles. The van der Waals surface area contributed by atoms with E-state index in [1.165, 1.54) is 11.8 Å². The second-order valence-electron chi connectivity index (χ2n) is 11.9. The number of halogens is 8. The van der Waals surface area contributed by atoms with Gasteiger partial charge >= 0.3 is 24.0 Å². The summed E-state index contributed by atoms with van der Waals surface area (Å²) in [7, 11) is -4.62. The van der Waals surface area contributed by atoms with Crippen molar-refractivity contribution in [3.63, 3.8) is 0 Å². The second-order valence-corrected chi connectivity index (χ2v) is 14.1. The minimum atomic E-state index is -6.38. The Labute approximate surface area is 254 Å². The van der Waals surface area contributed by atoms with Crippen LogP contribution in [0.5, 0.6) is 0 Å². The third-order valence-electron chi connectivity index (χ3n) is 9.49. The van der Waals surface area contributed by atoms with Gasteiger partial charge in [-0.3, -0.25) is 9.59 Å². The largest absolute Gasteiger partial charge is 0.481 e. The maximum atomic E-state index is 14.8. The summed E-state index contributed by atoms with van der Waals surface area (Å²) in [6, 6.07) is 4.72. The van der Waals surface area contributed by atoms with Gasteiger partial charge in [0.25, 0.3) is 0 Å². The lowest BCUT2D eigenvalue weighted by molar-refractivity contribution is -0.348. The van der Waals surface area contributed by atoms with Gasteiger partial charge in [-0.05, 0) is 74.8 Å². The van der Waals surface area contributed by atoms with E-state index in [0.29, 0.717) is 18.6 Å². The topological polar surface area (TPSA) is 91.8 Å². The van der Waals surface area contributed by atoms with Gasteiger partial charge < -0.3 is 10.0 Å². The first-order valence-corrected chi connectivity index (χ1v) is 15.6. The molecule has 1 heterocycles. The maximum Gasteiger partial charge on any atom is 0.435 e. The summed E-state index contributed by atoms with van der Waals surface area (Å²) in [4.78, 5) is 26.3. The molecular formula is C30H31F8NO5S. The van der Waals surface area contributed by atoms with Crippen LogP contribution in [-0.4, -0.2) is 55.7 Å². The third kappa shape index (κ3) is 5.58. The molecule has 1 amide bonds. The van der Waals surface area contributed by atoms with Crippen LogP contribution < -0.4 is 0 Å². The summed E-state index contributed by atoms with van der Waals surface area (Å²) in [6.45, 7) is 2.33. The van der Waals surface area contributed by atoms with Crippen molar-refractivity contribution in [3.8, 4) is 0 Å². The van der Waals surface area contributed by atoms with E-state index < -0.39 is 78.6 Å². The van der Waals surface area contributed by atoms with Gasteiger partial charge in [0.1, 0.15) is 10.6 Å². The first-order chi connectivity index (χ1) is 20.7. The van der Waals surface area contributed by atoms with Gasteiger partial charge in [0, 0.05) is 24.1 Å². The van der Waals surface area contributed by atoms with Crippen molar-refractivity contribution < 1.29 is 58.2 Å². The molecule has 1 aliphatic heterocycles.